The molecule has 1 aromatic heterocycles. The maximum Gasteiger partial charge on any atom is 0.433 e. The molecule has 3 rings (SSSR count). The molecule has 0 aromatic carbocycles. The van der Waals surface area contributed by atoms with E-state index >= 15 is 0 Å². The van der Waals surface area contributed by atoms with Crippen LogP contribution in [-0.2, 0) is 20.4 Å². The van der Waals surface area contributed by atoms with Crippen molar-refractivity contribution in [2.75, 3.05) is 50.9 Å². The van der Waals surface area contributed by atoms with Gasteiger partial charge < -0.3 is 19.3 Å². The van der Waals surface area contributed by atoms with Crippen molar-refractivity contribution in [2.24, 2.45) is 0 Å². The van der Waals surface area contributed by atoms with Crippen LogP contribution in [0.5, 0.6) is 0 Å². The van der Waals surface area contributed by atoms with Gasteiger partial charge in [-0.2, -0.15) is 13.2 Å². The number of pyridine rings is 1. The lowest BCUT2D eigenvalue weighted by Crippen LogP contribution is -2.53. The van der Waals surface area contributed by atoms with Crippen LogP contribution in [0.4, 0.5) is 18.9 Å². The summed E-state index contributed by atoms with van der Waals surface area (Å²) in [6, 6.07) is 2.51. The van der Waals surface area contributed by atoms with Crippen LogP contribution in [0.15, 0.2) is 18.3 Å². The number of carbonyl (C=O) groups excluding carboxylic acids is 1. The van der Waals surface area contributed by atoms with E-state index in [9.17, 15) is 18.0 Å². The summed E-state index contributed by atoms with van der Waals surface area (Å²) >= 11 is 0. The summed E-state index contributed by atoms with van der Waals surface area (Å²) in [5, 5.41) is 0. The maximum atomic E-state index is 12.8. The molecule has 1 atom stereocenters. The lowest BCUT2D eigenvalue weighted by Gasteiger charge is -2.37. The Morgan fingerprint density at radius 1 is 1.21 bits per heavy atom. The van der Waals surface area contributed by atoms with Gasteiger partial charge in [0.2, 0.25) is 0 Å². The number of hydrogen-bond acceptors (Lipinski definition) is 5. The molecule has 2 fully saturated rings. The van der Waals surface area contributed by atoms with Crippen LogP contribution in [-0.4, -0.2) is 67.9 Å². The van der Waals surface area contributed by atoms with Crippen molar-refractivity contribution < 1.29 is 27.4 Å². The molecule has 1 amide bonds. The Labute approximate surface area is 137 Å². The van der Waals surface area contributed by atoms with E-state index in [1.165, 1.54) is 6.07 Å². The first-order valence-electron chi connectivity index (χ1n) is 7.71. The predicted octanol–water partition coefficient (Wildman–Crippen LogP) is 1.16. The van der Waals surface area contributed by atoms with Crippen LogP contribution in [0.1, 0.15) is 5.69 Å². The number of alkyl halides is 3. The Bertz CT molecular complexity index is 591. The average molecular weight is 345 g/mol. The van der Waals surface area contributed by atoms with Gasteiger partial charge in [-0.1, -0.05) is 0 Å². The average Bonchev–Trinajstić information content (AvgIpc) is 2.61. The molecule has 0 radical (unpaired) electrons. The van der Waals surface area contributed by atoms with E-state index in [4.69, 9.17) is 9.47 Å². The lowest BCUT2D eigenvalue weighted by atomic mass is 10.2. The molecule has 2 aliphatic rings. The molecule has 0 saturated carbocycles. The number of aromatic nitrogens is 1. The van der Waals surface area contributed by atoms with Gasteiger partial charge >= 0.3 is 6.18 Å². The Hall–Kier alpha value is -1.87. The van der Waals surface area contributed by atoms with Gasteiger partial charge in [0.05, 0.1) is 26.4 Å². The van der Waals surface area contributed by atoms with Crippen LogP contribution in [0.3, 0.4) is 0 Å². The number of carbonyl (C=O) groups is 1. The monoisotopic (exact) mass is 345 g/mol. The molecule has 6 nitrogen and oxygen atoms in total. The van der Waals surface area contributed by atoms with E-state index in [1.807, 2.05) is 0 Å². The van der Waals surface area contributed by atoms with Crippen molar-refractivity contribution in [3.63, 3.8) is 0 Å². The smallest absolute Gasteiger partial charge is 0.378 e. The normalized spacial score (nSPS) is 22.5. The van der Waals surface area contributed by atoms with Crippen LogP contribution < -0.4 is 4.90 Å². The summed E-state index contributed by atoms with van der Waals surface area (Å²) < 4.78 is 49.2. The Balaban J connectivity index is 1.70. The van der Waals surface area contributed by atoms with Gasteiger partial charge in [0.1, 0.15) is 5.69 Å². The van der Waals surface area contributed by atoms with E-state index in [0.717, 1.165) is 12.3 Å². The van der Waals surface area contributed by atoms with Crippen LogP contribution in [0.25, 0.3) is 0 Å². The van der Waals surface area contributed by atoms with E-state index in [0.29, 0.717) is 38.5 Å². The number of rotatable bonds is 2. The third-order valence-electron chi connectivity index (χ3n) is 4.06. The number of halogens is 3. The maximum absolute atomic E-state index is 12.8. The summed E-state index contributed by atoms with van der Waals surface area (Å²) in [7, 11) is 0. The first-order chi connectivity index (χ1) is 11.4. The molecule has 132 valence electrons. The third kappa shape index (κ3) is 3.78. The Morgan fingerprint density at radius 3 is 2.67 bits per heavy atom. The van der Waals surface area contributed by atoms with Crippen molar-refractivity contribution >= 4 is 11.6 Å². The molecule has 3 heterocycles. The van der Waals surface area contributed by atoms with Gasteiger partial charge in [-0.15, -0.1) is 0 Å². The molecule has 9 heteroatoms. The number of amides is 1. The predicted molar refractivity (Wildman–Crippen MR) is 78.6 cm³/mol. The molecular weight excluding hydrogens is 327 g/mol. The number of hydrogen-bond donors (Lipinski definition) is 0. The van der Waals surface area contributed by atoms with Gasteiger partial charge in [0.25, 0.3) is 5.91 Å². The van der Waals surface area contributed by atoms with Gasteiger partial charge in [0, 0.05) is 31.5 Å². The van der Waals surface area contributed by atoms with Crippen LogP contribution >= 0.6 is 0 Å². The Kier molecular flexibility index (Phi) is 4.91. The summed E-state index contributed by atoms with van der Waals surface area (Å²) in [5.74, 6) is -0.145. The molecule has 0 spiro atoms. The molecular formula is C15H18F3N3O3. The fourth-order valence-corrected chi connectivity index (χ4v) is 2.79. The highest BCUT2D eigenvalue weighted by molar-refractivity contribution is 5.82. The van der Waals surface area contributed by atoms with E-state index in [-0.39, 0.29) is 19.1 Å². The Morgan fingerprint density at radius 2 is 1.96 bits per heavy atom. The highest BCUT2D eigenvalue weighted by Crippen LogP contribution is 2.30. The largest absolute Gasteiger partial charge is 0.433 e. The van der Waals surface area contributed by atoms with E-state index in [2.05, 4.69) is 4.98 Å². The fourth-order valence-electron chi connectivity index (χ4n) is 2.79. The second-order valence-corrected chi connectivity index (χ2v) is 5.64. The topological polar surface area (TPSA) is 54.9 Å². The first kappa shape index (κ1) is 17.0. The highest BCUT2D eigenvalue weighted by Gasteiger charge is 2.34. The van der Waals surface area contributed by atoms with Gasteiger partial charge in [-0.05, 0) is 12.1 Å². The van der Waals surface area contributed by atoms with Crippen molar-refractivity contribution in [3.8, 4) is 0 Å². The zero-order chi connectivity index (χ0) is 17.2. The summed E-state index contributed by atoms with van der Waals surface area (Å²) in [6.07, 6.45) is -4.04. The lowest BCUT2D eigenvalue weighted by molar-refractivity contribution is -0.148. The van der Waals surface area contributed by atoms with Crippen molar-refractivity contribution in [1.29, 1.82) is 0 Å². The molecule has 0 aliphatic carbocycles. The number of nitrogens with zero attached hydrogens (tertiary/aromatic N) is 3. The van der Waals surface area contributed by atoms with Gasteiger partial charge in [-0.3, -0.25) is 9.78 Å². The van der Waals surface area contributed by atoms with Crippen molar-refractivity contribution in [1.82, 2.24) is 9.88 Å². The summed E-state index contributed by atoms with van der Waals surface area (Å²) in [6.45, 7) is 2.91. The highest BCUT2D eigenvalue weighted by atomic mass is 19.4. The van der Waals surface area contributed by atoms with Crippen LogP contribution in [0, 0.1) is 0 Å². The summed E-state index contributed by atoms with van der Waals surface area (Å²) in [5.41, 5.74) is -0.553. The standard InChI is InChI=1S/C15H18F3N3O3/c16-15(17,18)13-9-11(1-2-19-13)21-5-8-24-12(10-21)14(22)20-3-6-23-7-4-20/h1-2,9,12H,3-8,10H2. The molecule has 1 unspecified atom stereocenters. The number of ether oxygens (including phenoxy) is 2. The molecule has 24 heavy (non-hydrogen) atoms. The number of anilines is 1. The second kappa shape index (κ2) is 6.94. The second-order valence-electron chi connectivity index (χ2n) is 5.64. The zero-order valence-corrected chi connectivity index (χ0v) is 13.0. The van der Waals surface area contributed by atoms with E-state index in [1.54, 1.807) is 9.80 Å². The molecule has 0 bridgehead atoms. The van der Waals surface area contributed by atoms with E-state index < -0.39 is 18.0 Å². The van der Waals surface area contributed by atoms with Crippen molar-refractivity contribution in [3.05, 3.63) is 24.0 Å². The fraction of sp³-hybridized carbons (Fsp3) is 0.600. The van der Waals surface area contributed by atoms with Crippen LogP contribution in [0.2, 0.25) is 0 Å². The van der Waals surface area contributed by atoms with Gasteiger partial charge in [-0.25, -0.2) is 0 Å². The van der Waals surface area contributed by atoms with Crippen molar-refractivity contribution in [2.45, 2.75) is 12.3 Å². The minimum absolute atomic E-state index is 0.145. The molecule has 1 aromatic rings. The minimum Gasteiger partial charge on any atom is -0.378 e. The quantitative estimate of drug-likeness (QED) is 0.805. The summed E-state index contributed by atoms with van der Waals surface area (Å²) in [4.78, 5) is 19.2. The SMILES string of the molecule is O=C(C1CN(c2ccnc(C(F)(F)F)c2)CCO1)N1CCOCC1. The molecule has 0 N–H and O–H groups in total. The minimum atomic E-state index is -4.49. The molecule has 2 saturated heterocycles. The molecule has 2 aliphatic heterocycles. The number of morpholine rings is 2. The first-order valence-corrected chi connectivity index (χ1v) is 7.71. The third-order valence-corrected chi connectivity index (χ3v) is 4.06. The zero-order valence-electron chi connectivity index (χ0n) is 13.0. The van der Waals surface area contributed by atoms with Gasteiger partial charge in [0.15, 0.2) is 6.10 Å².